The molecule has 0 heterocycles. The van der Waals surface area contributed by atoms with E-state index in [0.717, 1.165) is 0 Å². The van der Waals surface area contributed by atoms with Crippen molar-refractivity contribution in [2.45, 2.75) is 12.8 Å². The summed E-state index contributed by atoms with van der Waals surface area (Å²) in [7, 11) is 2.99. The van der Waals surface area contributed by atoms with Gasteiger partial charge in [0, 0.05) is 11.3 Å². The van der Waals surface area contributed by atoms with E-state index < -0.39 is 11.9 Å². The normalized spacial score (nSPS) is 11.6. The van der Waals surface area contributed by atoms with Gasteiger partial charge in [0.1, 0.15) is 11.5 Å². The van der Waals surface area contributed by atoms with Gasteiger partial charge in [-0.05, 0) is 36.8 Å². The average molecular weight is 329 g/mol. The van der Waals surface area contributed by atoms with Crippen molar-refractivity contribution in [1.82, 2.24) is 0 Å². The van der Waals surface area contributed by atoms with Gasteiger partial charge in [-0.3, -0.25) is 9.59 Å². The minimum atomic E-state index is -0.977. The van der Waals surface area contributed by atoms with Crippen molar-refractivity contribution in [2.75, 3.05) is 20.0 Å². The highest BCUT2D eigenvalue weighted by Crippen LogP contribution is 2.29. The van der Waals surface area contributed by atoms with Gasteiger partial charge in [0.2, 0.25) is 0 Å². The van der Waals surface area contributed by atoms with Crippen LogP contribution in [-0.4, -0.2) is 31.1 Å². The van der Waals surface area contributed by atoms with Crippen molar-refractivity contribution in [2.24, 2.45) is 0 Å². The van der Waals surface area contributed by atoms with Crippen LogP contribution in [0, 0.1) is 0 Å². The number of rotatable bonds is 6. The monoisotopic (exact) mass is 329 g/mol. The molecular formula is C18H19NO5. The molecular weight excluding hydrogens is 310 g/mol. The van der Waals surface area contributed by atoms with Gasteiger partial charge in [0.25, 0.3) is 0 Å². The highest BCUT2D eigenvalue weighted by atomic mass is 16.5. The lowest BCUT2D eigenvalue weighted by molar-refractivity contribution is -0.138. The number of hydrogen-bond acceptors (Lipinski definition) is 5. The number of methoxy groups -OCH3 is 2. The first-order chi connectivity index (χ1) is 11.4. The number of hydrogen-bond donors (Lipinski definition) is 2. The van der Waals surface area contributed by atoms with Crippen LogP contribution in [0.25, 0.3) is 0 Å². The Balaban J connectivity index is 2.44. The SMILES string of the molecule is COc1ccc(OC)c(C(=O)c2ccc(C(C)C(=O)O)c(N)c2)c1. The molecule has 0 bridgehead atoms. The zero-order chi connectivity index (χ0) is 17.9. The number of aliphatic carboxylic acids is 1. The van der Waals surface area contributed by atoms with Crippen LogP contribution in [-0.2, 0) is 4.79 Å². The van der Waals surface area contributed by atoms with Gasteiger partial charge in [-0.15, -0.1) is 0 Å². The van der Waals surface area contributed by atoms with E-state index in [1.54, 1.807) is 37.3 Å². The van der Waals surface area contributed by atoms with Crippen LogP contribution >= 0.6 is 0 Å². The second-order valence-corrected chi connectivity index (χ2v) is 5.30. The Kier molecular flexibility index (Phi) is 5.08. The van der Waals surface area contributed by atoms with Crippen LogP contribution in [0.15, 0.2) is 36.4 Å². The number of nitrogens with two attached hydrogens (primary N) is 1. The number of carboxylic acids is 1. The predicted octanol–water partition coefficient (Wildman–Crippen LogP) is 2.71. The molecule has 6 nitrogen and oxygen atoms in total. The summed E-state index contributed by atoms with van der Waals surface area (Å²) in [6.07, 6.45) is 0. The maximum atomic E-state index is 12.8. The first-order valence-corrected chi connectivity index (χ1v) is 7.28. The number of anilines is 1. The Morgan fingerprint density at radius 1 is 1.08 bits per heavy atom. The molecule has 0 saturated heterocycles. The number of carbonyl (C=O) groups excluding carboxylic acids is 1. The van der Waals surface area contributed by atoms with E-state index in [-0.39, 0.29) is 11.5 Å². The lowest BCUT2D eigenvalue weighted by Crippen LogP contribution is -2.11. The summed E-state index contributed by atoms with van der Waals surface area (Å²) in [6.45, 7) is 1.54. The van der Waals surface area contributed by atoms with Crippen molar-refractivity contribution >= 4 is 17.4 Å². The standard InChI is InChI=1S/C18H19NO5/c1-10(18(21)22)13-6-4-11(8-15(13)19)17(20)14-9-12(23-2)5-7-16(14)24-3/h4-10H,19H2,1-3H3,(H,21,22). The third-order valence-corrected chi connectivity index (χ3v) is 3.84. The van der Waals surface area contributed by atoms with E-state index >= 15 is 0 Å². The van der Waals surface area contributed by atoms with Gasteiger partial charge in [0.15, 0.2) is 5.78 Å². The molecule has 2 aromatic carbocycles. The summed E-state index contributed by atoms with van der Waals surface area (Å²) in [5.41, 5.74) is 7.35. The minimum absolute atomic E-state index is 0.262. The van der Waals surface area contributed by atoms with E-state index in [4.69, 9.17) is 20.3 Å². The molecule has 1 unspecified atom stereocenters. The Bertz CT molecular complexity index is 785. The first kappa shape index (κ1) is 17.3. The largest absolute Gasteiger partial charge is 0.497 e. The lowest BCUT2D eigenvalue weighted by atomic mass is 9.95. The number of benzene rings is 2. The van der Waals surface area contributed by atoms with Crippen LogP contribution in [0.4, 0.5) is 5.69 Å². The molecule has 6 heteroatoms. The van der Waals surface area contributed by atoms with Gasteiger partial charge < -0.3 is 20.3 Å². The zero-order valence-electron chi connectivity index (χ0n) is 13.7. The summed E-state index contributed by atoms with van der Waals surface area (Å²) in [5.74, 6) is -1.06. The van der Waals surface area contributed by atoms with Crippen LogP contribution < -0.4 is 15.2 Å². The number of carboxylic acid groups (broad SMARTS) is 1. The summed E-state index contributed by atoms with van der Waals surface area (Å²) in [5, 5.41) is 9.09. The minimum Gasteiger partial charge on any atom is -0.497 e. The third-order valence-electron chi connectivity index (χ3n) is 3.84. The number of nitrogen functional groups attached to an aromatic ring is 1. The number of ether oxygens (including phenoxy) is 2. The second-order valence-electron chi connectivity index (χ2n) is 5.30. The highest BCUT2D eigenvalue weighted by Gasteiger charge is 2.20. The van der Waals surface area contributed by atoms with Crippen molar-refractivity contribution in [3.63, 3.8) is 0 Å². The molecule has 2 rings (SSSR count). The molecule has 0 saturated carbocycles. The van der Waals surface area contributed by atoms with Crippen molar-refractivity contribution < 1.29 is 24.2 Å². The maximum Gasteiger partial charge on any atom is 0.310 e. The van der Waals surface area contributed by atoms with Gasteiger partial charge in [0.05, 0.1) is 25.7 Å². The number of carbonyl (C=O) groups is 2. The molecule has 2 aromatic rings. The number of ketones is 1. The molecule has 0 aliphatic heterocycles. The van der Waals surface area contributed by atoms with Crippen molar-refractivity contribution in [3.8, 4) is 11.5 Å². The molecule has 0 aromatic heterocycles. The van der Waals surface area contributed by atoms with Crippen LogP contribution in [0.2, 0.25) is 0 Å². The Morgan fingerprint density at radius 2 is 1.79 bits per heavy atom. The quantitative estimate of drug-likeness (QED) is 0.624. The molecule has 1 atom stereocenters. The topological polar surface area (TPSA) is 98.8 Å². The zero-order valence-corrected chi connectivity index (χ0v) is 13.7. The Morgan fingerprint density at radius 3 is 2.33 bits per heavy atom. The molecule has 24 heavy (non-hydrogen) atoms. The Hall–Kier alpha value is -3.02. The predicted molar refractivity (Wildman–Crippen MR) is 89.9 cm³/mol. The molecule has 0 aliphatic rings. The maximum absolute atomic E-state index is 12.8. The van der Waals surface area contributed by atoms with E-state index in [2.05, 4.69) is 0 Å². The lowest BCUT2D eigenvalue weighted by Gasteiger charge is -2.13. The van der Waals surface area contributed by atoms with Crippen molar-refractivity contribution in [3.05, 3.63) is 53.1 Å². The van der Waals surface area contributed by atoms with Gasteiger partial charge in [-0.25, -0.2) is 0 Å². The van der Waals surface area contributed by atoms with E-state index in [9.17, 15) is 9.59 Å². The van der Waals surface area contributed by atoms with Crippen molar-refractivity contribution in [1.29, 1.82) is 0 Å². The molecule has 126 valence electrons. The smallest absolute Gasteiger partial charge is 0.310 e. The van der Waals surface area contributed by atoms with Gasteiger partial charge in [-0.2, -0.15) is 0 Å². The molecule has 0 fully saturated rings. The summed E-state index contributed by atoms with van der Waals surface area (Å²) < 4.78 is 10.4. The summed E-state index contributed by atoms with van der Waals surface area (Å²) in [4.78, 5) is 23.8. The molecule has 0 amide bonds. The van der Waals surface area contributed by atoms with Gasteiger partial charge in [-0.1, -0.05) is 12.1 Å². The fraction of sp³-hybridized carbons (Fsp3) is 0.222. The van der Waals surface area contributed by atoms with Gasteiger partial charge >= 0.3 is 5.97 Å². The third kappa shape index (κ3) is 3.32. The molecule has 0 radical (unpaired) electrons. The highest BCUT2D eigenvalue weighted by molar-refractivity contribution is 6.11. The van der Waals surface area contributed by atoms with Crippen LogP contribution in [0.5, 0.6) is 11.5 Å². The van der Waals surface area contributed by atoms with E-state index in [0.29, 0.717) is 28.2 Å². The molecule has 0 aliphatic carbocycles. The van der Waals surface area contributed by atoms with Crippen LogP contribution in [0.1, 0.15) is 34.3 Å². The summed E-state index contributed by atoms with van der Waals surface area (Å²) in [6, 6.07) is 9.54. The summed E-state index contributed by atoms with van der Waals surface area (Å²) >= 11 is 0. The average Bonchev–Trinajstić information content (AvgIpc) is 2.59. The fourth-order valence-electron chi connectivity index (χ4n) is 2.39. The van der Waals surface area contributed by atoms with Crippen LogP contribution in [0.3, 0.4) is 0 Å². The second kappa shape index (κ2) is 7.04. The van der Waals surface area contributed by atoms with E-state index in [1.807, 2.05) is 0 Å². The molecule has 0 spiro atoms. The first-order valence-electron chi connectivity index (χ1n) is 7.28. The fourth-order valence-corrected chi connectivity index (χ4v) is 2.39. The Labute approximate surface area is 139 Å². The van der Waals surface area contributed by atoms with E-state index in [1.165, 1.54) is 20.3 Å². The molecule has 3 N–H and O–H groups in total.